The Kier molecular flexibility index (Phi) is 3.57. The van der Waals surface area contributed by atoms with Gasteiger partial charge in [-0.1, -0.05) is 29.1 Å². The van der Waals surface area contributed by atoms with E-state index in [1.807, 2.05) is 18.2 Å². The number of nitrogens with two attached hydrogens (primary N) is 1. The van der Waals surface area contributed by atoms with Crippen LogP contribution in [0.5, 0.6) is 0 Å². The maximum absolute atomic E-state index is 11.3. The fourth-order valence-corrected chi connectivity index (χ4v) is 2.97. The molecule has 11 nitrogen and oxygen atoms in total. The van der Waals surface area contributed by atoms with E-state index in [1.165, 1.54) is 0 Å². The predicted octanol–water partition coefficient (Wildman–Crippen LogP) is 0.0295. The summed E-state index contributed by atoms with van der Waals surface area (Å²) in [6, 6.07) is 7.26. The Morgan fingerprint density at radius 1 is 1.32 bits per heavy atom. The van der Waals surface area contributed by atoms with Gasteiger partial charge < -0.3 is 20.1 Å². The van der Waals surface area contributed by atoms with Crippen molar-refractivity contribution in [2.75, 3.05) is 5.73 Å². The molecule has 0 saturated carbocycles. The van der Waals surface area contributed by atoms with E-state index >= 15 is 0 Å². The van der Waals surface area contributed by atoms with Crippen molar-refractivity contribution in [3.05, 3.63) is 35.7 Å². The summed E-state index contributed by atoms with van der Waals surface area (Å²) in [5.41, 5.74) is 6.80. The van der Waals surface area contributed by atoms with Crippen LogP contribution in [0.15, 0.2) is 38.5 Å². The van der Waals surface area contributed by atoms with Gasteiger partial charge in [0.25, 0.3) is 5.22 Å². The summed E-state index contributed by atoms with van der Waals surface area (Å²) in [5.74, 6) is -1.37. The highest BCUT2D eigenvalue weighted by Gasteiger charge is 2.21. The molecule has 126 valence electrons. The van der Waals surface area contributed by atoms with Crippen LogP contribution in [0.3, 0.4) is 0 Å². The third kappa shape index (κ3) is 2.67. The van der Waals surface area contributed by atoms with Crippen LogP contribution in [0, 0.1) is 0 Å². The Bertz CT molecular complexity index is 1040. The summed E-state index contributed by atoms with van der Waals surface area (Å²) in [4.78, 5) is 15.6. The van der Waals surface area contributed by atoms with Gasteiger partial charge in [0.1, 0.15) is 11.2 Å². The molecule has 4 aromatic rings. The van der Waals surface area contributed by atoms with Gasteiger partial charge in [0.05, 0.1) is 11.7 Å². The van der Waals surface area contributed by atoms with E-state index < -0.39 is 5.97 Å². The zero-order chi connectivity index (χ0) is 17.4. The topological polar surface area (TPSA) is 162 Å². The number of rotatable bonds is 5. The van der Waals surface area contributed by atoms with Crippen molar-refractivity contribution in [2.24, 2.45) is 0 Å². The fraction of sp³-hybridized carbons (Fsp3) is 0.0769. The minimum absolute atomic E-state index is 0.0353. The maximum Gasteiger partial charge on any atom is 0.257 e. The molecular formula is C13H8N7O4S-. The largest absolute Gasteiger partial charge is 0.543 e. The molecule has 0 amide bonds. The number of carboxylic acid groups (broad SMARTS) is 1. The predicted molar refractivity (Wildman–Crippen MR) is 81.5 cm³/mol. The van der Waals surface area contributed by atoms with Crippen LogP contribution in [-0.2, 0) is 5.75 Å². The van der Waals surface area contributed by atoms with Crippen molar-refractivity contribution >= 4 is 34.6 Å². The molecule has 3 heterocycles. The summed E-state index contributed by atoms with van der Waals surface area (Å²) >= 11 is 1.16. The Hall–Kier alpha value is -3.41. The Morgan fingerprint density at radius 2 is 2.16 bits per heavy atom. The minimum atomic E-state index is -1.48. The van der Waals surface area contributed by atoms with Gasteiger partial charge in [0, 0.05) is 5.75 Å². The summed E-state index contributed by atoms with van der Waals surface area (Å²) in [6.45, 7) is 0. The lowest BCUT2D eigenvalue weighted by Gasteiger charge is -2.04. The van der Waals surface area contributed by atoms with Gasteiger partial charge in [-0.15, -0.1) is 5.10 Å². The number of fused-ring (bicyclic) bond motifs is 1. The van der Waals surface area contributed by atoms with Crippen molar-refractivity contribution in [1.82, 2.24) is 30.3 Å². The van der Waals surface area contributed by atoms with E-state index in [0.717, 1.165) is 16.4 Å². The van der Waals surface area contributed by atoms with Crippen molar-refractivity contribution in [3.8, 4) is 5.82 Å². The first-order valence-electron chi connectivity index (χ1n) is 6.86. The number of aromatic nitrogens is 6. The average molecular weight is 358 g/mol. The van der Waals surface area contributed by atoms with E-state index in [4.69, 9.17) is 10.2 Å². The van der Waals surface area contributed by atoms with Gasteiger partial charge in [0.2, 0.25) is 11.6 Å². The van der Waals surface area contributed by atoms with E-state index in [0.29, 0.717) is 16.3 Å². The summed E-state index contributed by atoms with van der Waals surface area (Å²) in [7, 11) is 0. The van der Waals surface area contributed by atoms with Crippen molar-refractivity contribution in [3.63, 3.8) is 0 Å². The molecule has 0 aliphatic heterocycles. The van der Waals surface area contributed by atoms with Gasteiger partial charge >= 0.3 is 0 Å². The van der Waals surface area contributed by atoms with Gasteiger partial charge in [-0.05, 0) is 22.4 Å². The molecule has 0 atom stereocenters. The minimum Gasteiger partial charge on any atom is -0.543 e. The molecule has 0 saturated heterocycles. The summed E-state index contributed by atoms with van der Waals surface area (Å²) in [6.07, 6.45) is 0. The van der Waals surface area contributed by atoms with Gasteiger partial charge in [0.15, 0.2) is 5.58 Å². The number of carbonyl (C=O) groups is 1. The zero-order valence-corrected chi connectivity index (χ0v) is 13.1. The highest BCUT2D eigenvalue weighted by atomic mass is 32.2. The van der Waals surface area contributed by atoms with Crippen LogP contribution in [0.4, 0.5) is 5.82 Å². The number of anilines is 1. The fourth-order valence-electron chi connectivity index (χ4n) is 2.14. The van der Waals surface area contributed by atoms with Crippen LogP contribution in [0.1, 0.15) is 16.2 Å². The molecule has 0 aliphatic carbocycles. The second-order valence-corrected chi connectivity index (χ2v) is 5.72. The molecule has 0 radical (unpaired) electrons. The van der Waals surface area contributed by atoms with Crippen LogP contribution >= 0.6 is 11.8 Å². The Labute approximate surface area is 142 Å². The van der Waals surface area contributed by atoms with Crippen LogP contribution in [0.25, 0.3) is 16.9 Å². The van der Waals surface area contributed by atoms with Crippen LogP contribution in [0.2, 0.25) is 0 Å². The molecule has 0 unspecified atom stereocenters. The number of nitrogen functional groups attached to an aromatic ring is 1. The third-order valence-corrected chi connectivity index (χ3v) is 4.10. The van der Waals surface area contributed by atoms with E-state index in [1.54, 1.807) is 6.07 Å². The number of para-hydroxylation sites is 2. The van der Waals surface area contributed by atoms with Crippen LogP contribution in [-0.4, -0.2) is 36.3 Å². The first-order chi connectivity index (χ1) is 12.1. The molecule has 0 bridgehead atoms. The second kappa shape index (κ2) is 5.90. The summed E-state index contributed by atoms with van der Waals surface area (Å²) < 4.78 is 11.2. The lowest BCUT2D eigenvalue weighted by molar-refractivity contribution is -0.255. The van der Waals surface area contributed by atoms with Crippen molar-refractivity contribution in [2.45, 2.75) is 11.0 Å². The Morgan fingerprint density at radius 3 is 2.88 bits per heavy atom. The number of aromatic carboxylic acids is 1. The van der Waals surface area contributed by atoms with Gasteiger partial charge in [-0.2, -0.15) is 4.68 Å². The highest BCUT2D eigenvalue weighted by molar-refractivity contribution is 7.98. The lowest BCUT2D eigenvalue weighted by Crippen LogP contribution is -2.24. The third-order valence-electron chi connectivity index (χ3n) is 3.26. The first-order valence-corrected chi connectivity index (χ1v) is 7.84. The maximum atomic E-state index is 11.3. The quantitative estimate of drug-likeness (QED) is 0.479. The molecule has 12 heteroatoms. The number of nitrogens with zero attached hydrogens (tertiary/aromatic N) is 6. The van der Waals surface area contributed by atoms with Crippen molar-refractivity contribution < 1.29 is 18.9 Å². The smallest absolute Gasteiger partial charge is 0.257 e. The number of hydrogen-bond donors (Lipinski definition) is 1. The monoisotopic (exact) mass is 358 g/mol. The number of thioether (sulfide) groups is 1. The number of benzene rings is 1. The van der Waals surface area contributed by atoms with Crippen molar-refractivity contribution in [1.29, 1.82) is 0 Å². The summed E-state index contributed by atoms with van der Waals surface area (Å²) in [5, 5.41) is 26.0. The van der Waals surface area contributed by atoms with E-state index in [-0.39, 0.29) is 28.8 Å². The lowest BCUT2D eigenvalue weighted by atomic mass is 10.3. The number of hydrogen-bond acceptors (Lipinski definition) is 11. The molecule has 25 heavy (non-hydrogen) atoms. The molecular weight excluding hydrogens is 350 g/mol. The molecule has 3 aromatic heterocycles. The second-order valence-electron chi connectivity index (χ2n) is 4.79. The van der Waals surface area contributed by atoms with E-state index in [2.05, 4.69) is 30.2 Å². The van der Waals surface area contributed by atoms with Gasteiger partial charge in [-0.25, -0.2) is 9.61 Å². The van der Waals surface area contributed by atoms with Crippen LogP contribution < -0.4 is 10.8 Å². The highest BCUT2D eigenvalue weighted by Crippen LogP contribution is 2.28. The number of carbonyl (C=O) groups excluding carboxylic acids is 1. The molecule has 4 rings (SSSR count). The molecule has 0 spiro atoms. The molecule has 0 fully saturated rings. The average Bonchev–Trinajstić information content (AvgIpc) is 3.29. The molecule has 1 aromatic carbocycles. The van der Waals surface area contributed by atoms with Gasteiger partial charge in [-0.3, -0.25) is 0 Å². The SMILES string of the molecule is Nc1nonc1-n1nnc(C(=O)[O-])c1CSc1nc2ccccc2o1. The molecule has 2 N–H and O–H groups in total. The first kappa shape index (κ1) is 15.1. The number of carboxylic acids is 1. The normalized spacial score (nSPS) is 11.2. The zero-order valence-electron chi connectivity index (χ0n) is 12.3. The van der Waals surface area contributed by atoms with E-state index in [9.17, 15) is 9.90 Å². The Balaban J connectivity index is 1.68. The standard InChI is InChI=1S/C13H9N7O4S/c14-10-11(18-24-17-10)20-7(9(12(21)22)16-19-20)5-25-13-15-6-3-1-2-4-8(6)23-13/h1-4H,5H2,(H2,14,17)(H,21,22)/p-1. The number of oxazole rings is 1. The molecule has 0 aliphatic rings.